The Bertz CT molecular complexity index is 815. The minimum atomic E-state index is 0. The number of hydrogen-bond acceptors (Lipinski definition) is 4. The monoisotopic (exact) mass is 524 g/mol. The van der Waals surface area contributed by atoms with Crippen molar-refractivity contribution in [3.8, 4) is 0 Å². The number of aryl methyl sites for hydroxylation is 1. The minimum absolute atomic E-state index is 0. The van der Waals surface area contributed by atoms with E-state index in [-0.39, 0.29) is 30.1 Å². The summed E-state index contributed by atoms with van der Waals surface area (Å²) in [5.41, 5.74) is 3.78. The average Bonchev–Trinajstić information content (AvgIpc) is 3.42. The van der Waals surface area contributed by atoms with Crippen LogP contribution in [-0.2, 0) is 24.9 Å². The molecule has 0 radical (unpaired) electrons. The van der Waals surface area contributed by atoms with Crippen LogP contribution in [0.3, 0.4) is 0 Å². The van der Waals surface area contributed by atoms with Gasteiger partial charge in [0, 0.05) is 45.5 Å². The number of guanidine groups is 1. The smallest absolute Gasteiger partial charge is 0.194 e. The first-order valence-electron chi connectivity index (χ1n) is 10.6. The number of hydrogen-bond donors (Lipinski definition) is 1. The molecule has 2 aromatic rings. The highest BCUT2D eigenvalue weighted by Gasteiger charge is 2.25. The quantitative estimate of drug-likeness (QED) is 0.371. The number of morpholine rings is 1. The third-order valence-electron chi connectivity index (χ3n) is 5.75. The summed E-state index contributed by atoms with van der Waals surface area (Å²) >= 11 is 0. The largest absolute Gasteiger partial charge is 0.370 e. The number of ether oxygens (including phenoxy) is 1. The van der Waals surface area contributed by atoms with Crippen LogP contribution in [0.25, 0.3) is 0 Å². The van der Waals surface area contributed by atoms with Gasteiger partial charge in [-0.2, -0.15) is 5.10 Å². The number of nitrogens with zero attached hydrogens (tertiary/aromatic N) is 5. The zero-order chi connectivity index (χ0) is 20.1. The van der Waals surface area contributed by atoms with Crippen molar-refractivity contribution in [3.05, 3.63) is 53.3 Å². The lowest BCUT2D eigenvalue weighted by molar-refractivity contribution is -0.00805. The molecule has 1 atom stereocenters. The van der Waals surface area contributed by atoms with Crippen LogP contribution in [-0.4, -0.2) is 65.4 Å². The van der Waals surface area contributed by atoms with Crippen molar-refractivity contribution >= 4 is 29.9 Å². The fourth-order valence-electron chi connectivity index (χ4n) is 4.12. The van der Waals surface area contributed by atoms with Gasteiger partial charge in [-0.05, 0) is 37.1 Å². The summed E-state index contributed by atoms with van der Waals surface area (Å²) in [5.74, 6) is 0.920. The third kappa shape index (κ3) is 5.95. The summed E-state index contributed by atoms with van der Waals surface area (Å²) in [5, 5.41) is 7.78. The van der Waals surface area contributed by atoms with E-state index in [1.165, 1.54) is 37.1 Å². The van der Waals surface area contributed by atoms with E-state index < -0.39 is 0 Å². The Morgan fingerprint density at radius 3 is 2.57 bits per heavy atom. The molecule has 8 heteroatoms. The van der Waals surface area contributed by atoms with Gasteiger partial charge in [0.15, 0.2) is 5.96 Å². The predicted molar refractivity (Wildman–Crippen MR) is 130 cm³/mol. The van der Waals surface area contributed by atoms with E-state index in [0.29, 0.717) is 6.61 Å². The van der Waals surface area contributed by atoms with E-state index in [9.17, 15) is 0 Å². The maximum Gasteiger partial charge on any atom is 0.194 e. The van der Waals surface area contributed by atoms with Gasteiger partial charge in [-0.1, -0.05) is 24.3 Å². The van der Waals surface area contributed by atoms with E-state index >= 15 is 0 Å². The Balaban J connectivity index is 0.00000256. The molecule has 1 aromatic carbocycles. The molecule has 2 aliphatic rings. The summed E-state index contributed by atoms with van der Waals surface area (Å²) in [6.45, 7) is 6.61. The van der Waals surface area contributed by atoms with Gasteiger partial charge in [0.05, 0.1) is 19.3 Å². The van der Waals surface area contributed by atoms with Gasteiger partial charge in [-0.15, -0.1) is 24.0 Å². The third-order valence-corrected chi connectivity index (χ3v) is 5.75. The highest BCUT2D eigenvalue weighted by molar-refractivity contribution is 14.0. The van der Waals surface area contributed by atoms with Crippen molar-refractivity contribution in [1.29, 1.82) is 0 Å². The molecule has 2 fully saturated rings. The summed E-state index contributed by atoms with van der Waals surface area (Å²) in [6, 6.07) is 8.96. The molecule has 30 heavy (non-hydrogen) atoms. The summed E-state index contributed by atoms with van der Waals surface area (Å²) < 4.78 is 7.77. The maximum absolute atomic E-state index is 5.95. The fraction of sp³-hybridized carbons (Fsp3) is 0.545. The maximum atomic E-state index is 5.95. The Morgan fingerprint density at radius 1 is 1.17 bits per heavy atom. The van der Waals surface area contributed by atoms with Gasteiger partial charge in [0.2, 0.25) is 0 Å². The molecule has 0 spiro atoms. The van der Waals surface area contributed by atoms with Crippen LogP contribution in [0.1, 0.15) is 35.6 Å². The second kappa shape index (κ2) is 11.1. The molecule has 1 N–H and O–H groups in total. The second-order valence-electron chi connectivity index (χ2n) is 7.95. The molecule has 2 saturated heterocycles. The molecule has 3 heterocycles. The summed E-state index contributed by atoms with van der Waals surface area (Å²) in [7, 11) is 3.77. The number of aromatic nitrogens is 2. The fourth-order valence-corrected chi connectivity index (χ4v) is 4.12. The van der Waals surface area contributed by atoms with Crippen LogP contribution >= 0.6 is 24.0 Å². The Hall–Kier alpha value is -1.65. The topological polar surface area (TPSA) is 57.9 Å². The molecule has 7 nitrogen and oxygen atoms in total. The van der Waals surface area contributed by atoms with E-state index in [2.05, 4.69) is 49.5 Å². The SMILES string of the molecule is CN=C(NCc1ccc(CN2CCCC2)cc1)N1CCOC(c2cnn(C)c2)C1.I. The highest BCUT2D eigenvalue weighted by Crippen LogP contribution is 2.21. The van der Waals surface area contributed by atoms with Crippen molar-refractivity contribution < 1.29 is 4.74 Å². The molecule has 4 rings (SSSR count). The molecule has 1 aromatic heterocycles. The van der Waals surface area contributed by atoms with Crippen molar-refractivity contribution in [1.82, 2.24) is 24.9 Å². The summed E-state index contributed by atoms with van der Waals surface area (Å²) in [6.07, 6.45) is 6.61. The first kappa shape index (κ1) is 23.0. The molecule has 164 valence electrons. The molecule has 0 amide bonds. The number of nitrogens with one attached hydrogen (secondary N) is 1. The van der Waals surface area contributed by atoms with Crippen molar-refractivity contribution in [2.75, 3.05) is 39.8 Å². The molecule has 1 unspecified atom stereocenters. The minimum Gasteiger partial charge on any atom is -0.370 e. The standard InChI is InChI=1S/C22H32N6O.HI/c1-23-22(28-11-12-29-21(17-28)20-14-25-26(2)16-20)24-13-18-5-7-19(8-6-18)15-27-9-3-4-10-27;/h5-8,14,16,21H,3-4,9-13,15,17H2,1-2H3,(H,23,24);1H. The lowest BCUT2D eigenvalue weighted by Crippen LogP contribution is -2.47. The predicted octanol–water partition coefficient (Wildman–Crippen LogP) is 2.78. The van der Waals surface area contributed by atoms with Crippen LogP contribution in [0.4, 0.5) is 0 Å². The summed E-state index contributed by atoms with van der Waals surface area (Å²) in [4.78, 5) is 9.30. The molecule has 0 saturated carbocycles. The zero-order valence-corrected chi connectivity index (χ0v) is 20.3. The molecule has 0 aliphatic carbocycles. The van der Waals surface area contributed by atoms with Gasteiger partial charge >= 0.3 is 0 Å². The van der Waals surface area contributed by atoms with Gasteiger partial charge in [-0.3, -0.25) is 14.6 Å². The molecular weight excluding hydrogens is 491 g/mol. The Labute approximate surface area is 196 Å². The lowest BCUT2D eigenvalue weighted by atomic mass is 10.1. The number of likely N-dealkylation sites (tertiary alicyclic amines) is 1. The van der Waals surface area contributed by atoms with Crippen molar-refractivity contribution in [2.24, 2.45) is 12.0 Å². The second-order valence-corrected chi connectivity index (χ2v) is 7.95. The van der Waals surface area contributed by atoms with Gasteiger partial charge in [0.1, 0.15) is 6.10 Å². The van der Waals surface area contributed by atoms with Crippen LogP contribution < -0.4 is 5.32 Å². The first-order valence-corrected chi connectivity index (χ1v) is 10.6. The van der Waals surface area contributed by atoms with Gasteiger partial charge in [0.25, 0.3) is 0 Å². The number of benzene rings is 1. The number of aliphatic imine (C=N–C) groups is 1. The van der Waals surface area contributed by atoms with Crippen LogP contribution in [0.2, 0.25) is 0 Å². The Morgan fingerprint density at radius 2 is 1.90 bits per heavy atom. The van der Waals surface area contributed by atoms with Crippen LogP contribution in [0.15, 0.2) is 41.7 Å². The zero-order valence-electron chi connectivity index (χ0n) is 18.0. The average molecular weight is 524 g/mol. The van der Waals surface area contributed by atoms with Crippen molar-refractivity contribution in [3.63, 3.8) is 0 Å². The van der Waals surface area contributed by atoms with Crippen LogP contribution in [0, 0.1) is 0 Å². The van der Waals surface area contributed by atoms with E-state index in [4.69, 9.17) is 4.74 Å². The molecule has 2 aliphatic heterocycles. The van der Waals surface area contributed by atoms with Gasteiger partial charge < -0.3 is 15.0 Å². The van der Waals surface area contributed by atoms with E-state index in [0.717, 1.165) is 37.7 Å². The highest BCUT2D eigenvalue weighted by atomic mass is 127. The molecular formula is C22H33IN6O. The number of halogens is 1. The molecule has 0 bridgehead atoms. The normalized spacial score (nSPS) is 20.3. The number of rotatable bonds is 5. The van der Waals surface area contributed by atoms with E-state index in [1.807, 2.05) is 31.2 Å². The van der Waals surface area contributed by atoms with Crippen molar-refractivity contribution in [2.45, 2.75) is 32.0 Å². The van der Waals surface area contributed by atoms with Crippen LogP contribution in [0.5, 0.6) is 0 Å². The lowest BCUT2D eigenvalue weighted by Gasteiger charge is -2.34. The van der Waals surface area contributed by atoms with Gasteiger partial charge in [-0.25, -0.2) is 0 Å². The first-order chi connectivity index (χ1) is 14.2. The Kier molecular flexibility index (Phi) is 8.52. The van der Waals surface area contributed by atoms with E-state index in [1.54, 1.807) is 0 Å².